The molecule has 3 aromatic rings. The number of unbranched alkanes of at least 4 members (excludes halogenated alkanes) is 4. The zero-order valence-electron chi connectivity index (χ0n) is 25.9. The van der Waals surface area contributed by atoms with Crippen molar-refractivity contribution in [2.75, 3.05) is 39.5 Å². The normalized spacial score (nSPS) is 15.7. The molecule has 0 spiro atoms. The van der Waals surface area contributed by atoms with Gasteiger partial charge in [-0.3, -0.25) is 0 Å². The van der Waals surface area contributed by atoms with Gasteiger partial charge in [-0.05, 0) is 73.4 Å². The number of benzene rings is 3. The molecule has 0 amide bonds. The van der Waals surface area contributed by atoms with E-state index in [0.29, 0.717) is 5.56 Å². The second-order valence-electron chi connectivity index (χ2n) is 11.4. The molecule has 4 rings (SSSR count). The van der Waals surface area contributed by atoms with Gasteiger partial charge >= 0.3 is 5.97 Å². The third-order valence-electron chi connectivity index (χ3n) is 7.84. The van der Waals surface area contributed by atoms with E-state index >= 15 is 0 Å². The van der Waals surface area contributed by atoms with Gasteiger partial charge in [0.25, 0.3) is 0 Å². The Kier molecular flexibility index (Phi) is 16.2. The molecule has 4 N–H and O–H groups in total. The van der Waals surface area contributed by atoms with Crippen molar-refractivity contribution in [3.63, 3.8) is 0 Å². The molecule has 0 saturated heterocycles. The average molecular weight is 600 g/mol. The van der Waals surface area contributed by atoms with Crippen molar-refractivity contribution in [3.8, 4) is 11.1 Å². The maximum Gasteiger partial charge on any atom is 0.336 e. The van der Waals surface area contributed by atoms with Gasteiger partial charge in [0.05, 0.1) is 18.8 Å². The molecule has 1 aliphatic rings. The van der Waals surface area contributed by atoms with Crippen molar-refractivity contribution in [1.29, 1.82) is 0 Å². The number of aliphatic hydroxyl groups is 2. The Morgan fingerprint density at radius 3 is 2.16 bits per heavy atom. The van der Waals surface area contributed by atoms with Crippen LogP contribution >= 0.6 is 0 Å². The molecule has 0 heterocycles. The van der Waals surface area contributed by atoms with Crippen LogP contribution in [0.2, 0.25) is 0 Å². The van der Waals surface area contributed by atoms with E-state index < -0.39 is 5.97 Å². The number of hydrogen-bond acceptors (Lipinski definition) is 5. The lowest BCUT2D eigenvalue weighted by Gasteiger charge is -2.32. The SMILES string of the molecule is O=C(O)c1ccccc1-c1ccccc1.OCC1=CC=CC(CO)(CNCCCCCCOCCCCc2ccccc2)C1. The Balaban J connectivity index is 0.000000293. The van der Waals surface area contributed by atoms with Crippen molar-refractivity contribution < 1.29 is 24.9 Å². The van der Waals surface area contributed by atoms with Gasteiger partial charge in [-0.1, -0.05) is 110 Å². The third-order valence-corrected chi connectivity index (χ3v) is 7.84. The van der Waals surface area contributed by atoms with Crippen LogP contribution in [0.1, 0.15) is 60.9 Å². The molecule has 0 radical (unpaired) electrons. The summed E-state index contributed by atoms with van der Waals surface area (Å²) in [6.45, 7) is 3.64. The predicted octanol–water partition coefficient (Wildman–Crippen LogP) is 7.09. The first-order chi connectivity index (χ1) is 21.6. The first-order valence-corrected chi connectivity index (χ1v) is 15.9. The summed E-state index contributed by atoms with van der Waals surface area (Å²) in [7, 11) is 0. The van der Waals surface area contributed by atoms with Crippen LogP contribution in [-0.2, 0) is 11.2 Å². The number of nitrogens with one attached hydrogen (secondary N) is 1. The molecule has 1 aliphatic carbocycles. The second-order valence-corrected chi connectivity index (χ2v) is 11.4. The molecule has 0 bridgehead atoms. The minimum Gasteiger partial charge on any atom is -0.478 e. The van der Waals surface area contributed by atoms with E-state index in [4.69, 9.17) is 9.84 Å². The molecular weight excluding hydrogens is 550 g/mol. The Morgan fingerprint density at radius 2 is 1.45 bits per heavy atom. The van der Waals surface area contributed by atoms with Crippen molar-refractivity contribution in [2.45, 2.75) is 51.4 Å². The minimum atomic E-state index is -0.894. The standard InChI is InChI=1S/C25H39NO3.C13H10O2/c27-20-24-14-10-15-25(19-24,22-28)21-26-16-7-1-2-8-17-29-18-9-6-13-23-11-4-3-5-12-23;14-13(15)12-9-5-4-8-11(12)10-6-2-1-3-7-10/h3-5,10-12,14-15,26-28H,1-2,6-9,13,16-22H2;1-9H,(H,14,15). The number of ether oxygens (including phenoxy) is 1. The maximum absolute atomic E-state index is 11.0. The van der Waals surface area contributed by atoms with Crippen LogP contribution in [0.25, 0.3) is 11.1 Å². The van der Waals surface area contributed by atoms with E-state index in [1.807, 2.05) is 54.6 Å². The van der Waals surface area contributed by atoms with Crippen LogP contribution in [0.15, 0.2) is 109 Å². The Labute approximate surface area is 263 Å². The second kappa shape index (κ2) is 20.4. The fourth-order valence-electron chi connectivity index (χ4n) is 5.32. The summed E-state index contributed by atoms with van der Waals surface area (Å²) in [6.07, 6.45) is 14.8. The Hall–Kier alpha value is -3.55. The fourth-order valence-corrected chi connectivity index (χ4v) is 5.32. The van der Waals surface area contributed by atoms with Gasteiger partial charge in [-0.15, -0.1) is 0 Å². The number of carboxylic acid groups (broad SMARTS) is 1. The van der Waals surface area contributed by atoms with E-state index in [2.05, 4.69) is 41.7 Å². The van der Waals surface area contributed by atoms with E-state index in [1.54, 1.807) is 12.1 Å². The maximum atomic E-state index is 11.0. The predicted molar refractivity (Wildman–Crippen MR) is 179 cm³/mol. The van der Waals surface area contributed by atoms with E-state index in [9.17, 15) is 15.0 Å². The number of allylic oxidation sites excluding steroid dienone is 2. The van der Waals surface area contributed by atoms with Gasteiger partial charge in [-0.25, -0.2) is 4.79 Å². The van der Waals surface area contributed by atoms with Crippen LogP contribution in [0.3, 0.4) is 0 Å². The van der Waals surface area contributed by atoms with Crippen LogP contribution in [0, 0.1) is 5.41 Å². The van der Waals surface area contributed by atoms with Crippen molar-refractivity contribution >= 4 is 5.97 Å². The molecule has 44 heavy (non-hydrogen) atoms. The van der Waals surface area contributed by atoms with Crippen LogP contribution in [0.4, 0.5) is 0 Å². The monoisotopic (exact) mass is 599 g/mol. The largest absolute Gasteiger partial charge is 0.478 e. The minimum absolute atomic E-state index is 0.0706. The Bertz CT molecular complexity index is 1270. The molecule has 1 atom stereocenters. The number of carboxylic acids is 1. The van der Waals surface area contributed by atoms with E-state index in [-0.39, 0.29) is 18.6 Å². The molecular formula is C38H49NO5. The summed E-state index contributed by atoms with van der Waals surface area (Å²) < 4.78 is 5.75. The quantitative estimate of drug-likeness (QED) is 0.117. The smallest absolute Gasteiger partial charge is 0.336 e. The zero-order valence-corrected chi connectivity index (χ0v) is 25.9. The van der Waals surface area contributed by atoms with E-state index in [1.165, 1.54) is 24.8 Å². The van der Waals surface area contributed by atoms with Gasteiger partial charge in [0.2, 0.25) is 0 Å². The summed E-state index contributed by atoms with van der Waals surface area (Å²) in [4.78, 5) is 11.0. The highest BCUT2D eigenvalue weighted by Gasteiger charge is 2.28. The average Bonchev–Trinajstić information content (AvgIpc) is 3.08. The summed E-state index contributed by atoms with van der Waals surface area (Å²) in [5.41, 5.74) is 4.16. The lowest BCUT2D eigenvalue weighted by molar-refractivity contribution is 0.0697. The lowest BCUT2D eigenvalue weighted by Crippen LogP contribution is -2.37. The summed E-state index contributed by atoms with van der Waals surface area (Å²) in [5.74, 6) is -0.894. The zero-order chi connectivity index (χ0) is 31.3. The third kappa shape index (κ3) is 12.6. The molecule has 0 aromatic heterocycles. The summed E-state index contributed by atoms with van der Waals surface area (Å²) in [5, 5.41) is 31.6. The highest BCUT2D eigenvalue weighted by Crippen LogP contribution is 2.30. The molecule has 0 aliphatic heterocycles. The van der Waals surface area contributed by atoms with Crippen LogP contribution in [0.5, 0.6) is 0 Å². The number of aromatic carboxylic acids is 1. The van der Waals surface area contributed by atoms with Crippen LogP contribution < -0.4 is 5.32 Å². The van der Waals surface area contributed by atoms with Crippen LogP contribution in [-0.4, -0.2) is 60.8 Å². The Morgan fingerprint density at radius 1 is 0.795 bits per heavy atom. The molecule has 1 unspecified atom stereocenters. The summed E-state index contributed by atoms with van der Waals surface area (Å²) in [6, 6.07) is 27.2. The number of aliphatic hydroxyl groups excluding tert-OH is 2. The summed E-state index contributed by atoms with van der Waals surface area (Å²) >= 11 is 0. The highest BCUT2D eigenvalue weighted by atomic mass is 16.5. The number of hydrogen-bond donors (Lipinski definition) is 4. The number of rotatable bonds is 18. The van der Waals surface area contributed by atoms with Gasteiger partial charge in [0.1, 0.15) is 0 Å². The molecule has 0 saturated carbocycles. The van der Waals surface area contributed by atoms with Crippen molar-refractivity contribution in [1.82, 2.24) is 5.32 Å². The van der Waals surface area contributed by atoms with Crippen molar-refractivity contribution in [3.05, 3.63) is 120 Å². The molecule has 0 fully saturated rings. The van der Waals surface area contributed by atoms with Gasteiger partial charge in [0.15, 0.2) is 0 Å². The van der Waals surface area contributed by atoms with E-state index in [0.717, 1.165) is 75.1 Å². The number of aryl methyl sites for hydroxylation is 1. The fraction of sp³-hybridized carbons (Fsp3) is 0.395. The number of carbonyl (C=O) groups is 1. The van der Waals surface area contributed by atoms with Gasteiger partial charge < -0.3 is 25.4 Å². The molecule has 236 valence electrons. The molecule has 6 heteroatoms. The highest BCUT2D eigenvalue weighted by molar-refractivity contribution is 5.95. The lowest BCUT2D eigenvalue weighted by atomic mass is 9.79. The molecule has 6 nitrogen and oxygen atoms in total. The first kappa shape index (κ1) is 34.9. The topological polar surface area (TPSA) is 99.0 Å². The molecule has 3 aromatic carbocycles. The van der Waals surface area contributed by atoms with Crippen molar-refractivity contribution in [2.24, 2.45) is 5.41 Å². The van der Waals surface area contributed by atoms with Gasteiger partial charge in [0, 0.05) is 25.2 Å². The van der Waals surface area contributed by atoms with Gasteiger partial charge in [-0.2, -0.15) is 0 Å². The first-order valence-electron chi connectivity index (χ1n) is 15.9.